The molecule has 0 atom stereocenters. The summed E-state index contributed by atoms with van der Waals surface area (Å²) in [6, 6.07) is 15.5. The lowest BCUT2D eigenvalue weighted by Crippen LogP contribution is -2.35. The fraction of sp³-hybridized carbons (Fsp3) is 0.211. The van der Waals surface area contributed by atoms with Crippen LogP contribution in [0, 0.1) is 0 Å². The number of nitrogens with one attached hydrogen (secondary N) is 1. The van der Waals surface area contributed by atoms with Crippen LogP contribution in [0.25, 0.3) is 0 Å². The summed E-state index contributed by atoms with van der Waals surface area (Å²) in [4.78, 5) is 17.1. The van der Waals surface area contributed by atoms with E-state index in [-0.39, 0.29) is 6.03 Å². The summed E-state index contributed by atoms with van der Waals surface area (Å²) in [7, 11) is 1.60. The number of nitrogens with zero attached hydrogens (tertiary/aromatic N) is 1. The molecule has 25 heavy (non-hydrogen) atoms. The zero-order valence-electron chi connectivity index (χ0n) is 14.0. The van der Waals surface area contributed by atoms with E-state index in [1.165, 1.54) is 9.75 Å². The second-order valence-corrected chi connectivity index (χ2v) is 7.53. The number of hydrogen-bond acceptors (Lipinski definition) is 4. The maximum absolute atomic E-state index is 12.8. The Morgan fingerprint density at radius 1 is 1.04 bits per heavy atom. The number of carbonyl (C=O) groups excluding carboxylic acids is 1. The molecule has 6 heteroatoms. The zero-order chi connectivity index (χ0) is 17.5. The molecule has 0 aliphatic rings. The number of methoxy groups -OCH3 is 1. The van der Waals surface area contributed by atoms with Crippen molar-refractivity contribution in [3.05, 3.63) is 69.0 Å². The molecule has 2 amide bonds. The molecule has 0 unspecified atom stereocenters. The van der Waals surface area contributed by atoms with Crippen molar-refractivity contribution in [2.75, 3.05) is 19.0 Å². The third-order valence-corrected chi connectivity index (χ3v) is 5.57. The SMILES string of the molecule is COc1ccccc1NC(=O)N(CCc1cccs1)Cc1cccs1. The van der Waals surface area contributed by atoms with E-state index >= 15 is 0 Å². The van der Waals surface area contributed by atoms with Gasteiger partial charge in [0.2, 0.25) is 0 Å². The Hall–Kier alpha value is -2.31. The van der Waals surface area contributed by atoms with Crippen LogP contribution in [0.15, 0.2) is 59.3 Å². The monoisotopic (exact) mass is 372 g/mol. The molecule has 0 radical (unpaired) electrons. The van der Waals surface area contributed by atoms with E-state index < -0.39 is 0 Å². The van der Waals surface area contributed by atoms with Gasteiger partial charge < -0.3 is 15.0 Å². The van der Waals surface area contributed by atoms with Gasteiger partial charge in [-0.1, -0.05) is 24.3 Å². The van der Waals surface area contributed by atoms with E-state index in [2.05, 4.69) is 22.8 Å². The highest BCUT2D eigenvalue weighted by atomic mass is 32.1. The molecule has 2 heterocycles. The van der Waals surface area contributed by atoms with Crippen LogP contribution in [0.4, 0.5) is 10.5 Å². The largest absolute Gasteiger partial charge is 0.495 e. The predicted octanol–water partition coefficient (Wildman–Crippen LogP) is 5.10. The van der Waals surface area contributed by atoms with Crippen LogP contribution in [0.1, 0.15) is 9.75 Å². The summed E-state index contributed by atoms with van der Waals surface area (Å²) in [5.74, 6) is 0.658. The minimum Gasteiger partial charge on any atom is -0.495 e. The molecule has 1 N–H and O–H groups in total. The quantitative estimate of drug-likeness (QED) is 0.627. The van der Waals surface area contributed by atoms with Crippen LogP contribution in [0.5, 0.6) is 5.75 Å². The van der Waals surface area contributed by atoms with Gasteiger partial charge in [0.15, 0.2) is 0 Å². The minimum atomic E-state index is -0.116. The van der Waals surface area contributed by atoms with E-state index in [0.29, 0.717) is 24.5 Å². The molecule has 0 aliphatic carbocycles. The standard InChI is InChI=1S/C19H20N2O2S2/c1-23-18-9-3-2-8-17(18)20-19(22)21(14-16-7-5-13-25-16)11-10-15-6-4-12-24-15/h2-9,12-13H,10-11,14H2,1H3,(H,20,22). The molecule has 0 saturated carbocycles. The molecule has 0 saturated heterocycles. The van der Waals surface area contributed by atoms with Gasteiger partial charge in [-0.15, -0.1) is 22.7 Å². The van der Waals surface area contributed by atoms with Gasteiger partial charge in [0, 0.05) is 16.3 Å². The smallest absolute Gasteiger partial charge is 0.322 e. The van der Waals surface area contributed by atoms with Crippen molar-refractivity contribution in [1.29, 1.82) is 0 Å². The van der Waals surface area contributed by atoms with Gasteiger partial charge in [0.25, 0.3) is 0 Å². The molecule has 3 aromatic rings. The number of amides is 2. The van der Waals surface area contributed by atoms with E-state index in [9.17, 15) is 4.79 Å². The molecule has 1 aromatic carbocycles. The van der Waals surface area contributed by atoms with Gasteiger partial charge in [0.05, 0.1) is 19.3 Å². The number of thiophene rings is 2. The average Bonchev–Trinajstić information content (AvgIpc) is 3.32. The number of hydrogen-bond donors (Lipinski definition) is 1. The Kier molecular flexibility index (Phi) is 6.09. The van der Waals surface area contributed by atoms with E-state index in [1.54, 1.807) is 29.8 Å². The maximum atomic E-state index is 12.8. The average molecular weight is 373 g/mol. The van der Waals surface area contributed by atoms with Gasteiger partial charge in [-0.05, 0) is 41.4 Å². The molecule has 2 aromatic heterocycles. The first-order valence-corrected chi connectivity index (χ1v) is 9.76. The van der Waals surface area contributed by atoms with Crippen LogP contribution < -0.4 is 10.1 Å². The van der Waals surface area contributed by atoms with Gasteiger partial charge in [-0.25, -0.2) is 4.79 Å². The second kappa shape index (κ2) is 8.69. The maximum Gasteiger partial charge on any atom is 0.322 e. The van der Waals surface area contributed by atoms with Crippen LogP contribution in [-0.4, -0.2) is 24.6 Å². The highest BCUT2D eigenvalue weighted by Gasteiger charge is 2.16. The number of anilines is 1. The van der Waals surface area contributed by atoms with Crippen molar-refractivity contribution in [2.24, 2.45) is 0 Å². The Morgan fingerprint density at radius 2 is 1.76 bits per heavy atom. The topological polar surface area (TPSA) is 41.6 Å². The third kappa shape index (κ3) is 4.84. The Bertz CT molecular complexity index is 786. The Morgan fingerprint density at radius 3 is 2.44 bits per heavy atom. The summed E-state index contributed by atoms with van der Waals surface area (Å²) in [6.45, 7) is 1.27. The highest BCUT2D eigenvalue weighted by molar-refractivity contribution is 7.10. The first-order valence-electron chi connectivity index (χ1n) is 8.00. The lowest BCUT2D eigenvalue weighted by atomic mass is 10.3. The van der Waals surface area contributed by atoms with Crippen molar-refractivity contribution in [3.63, 3.8) is 0 Å². The summed E-state index contributed by atoms with van der Waals surface area (Å²) >= 11 is 3.38. The first-order chi connectivity index (χ1) is 12.3. The predicted molar refractivity (Wildman–Crippen MR) is 105 cm³/mol. The van der Waals surface area contributed by atoms with E-state index in [1.807, 2.05) is 46.7 Å². The summed E-state index contributed by atoms with van der Waals surface area (Å²) < 4.78 is 5.32. The lowest BCUT2D eigenvalue weighted by molar-refractivity contribution is 0.210. The summed E-state index contributed by atoms with van der Waals surface area (Å²) in [6.07, 6.45) is 0.850. The third-order valence-electron chi connectivity index (χ3n) is 3.77. The molecular weight excluding hydrogens is 352 g/mol. The molecular formula is C19H20N2O2S2. The normalized spacial score (nSPS) is 10.4. The summed E-state index contributed by atoms with van der Waals surface area (Å²) in [5.41, 5.74) is 0.683. The van der Waals surface area contributed by atoms with Crippen molar-refractivity contribution in [2.45, 2.75) is 13.0 Å². The molecule has 0 spiro atoms. The van der Waals surface area contributed by atoms with Gasteiger partial charge in [-0.2, -0.15) is 0 Å². The molecule has 0 aliphatic heterocycles. The molecule has 130 valence electrons. The van der Waals surface area contributed by atoms with Crippen molar-refractivity contribution in [3.8, 4) is 5.75 Å². The van der Waals surface area contributed by atoms with Crippen molar-refractivity contribution < 1.29 is 9.53 Å². The fourth-order valence-electron chi connectivity index (χ4n) is 2.49. The number of benzene rings is 1. The summed E-state index contributed by atoms with van der Waals surface area (Å²) in [5, 5.41) is 7.07. The molecule has 3 rings (SSSR count). The van der Waals surface area contributed by atoms with Gasteiger partial charge in [0.1, 0.15) is 5.75 Å². The van der Waals surface area contributed by atoms with Crippen LogP contribution in [0.3, 0.4) is 0 Å². The molecule has 4 nitrogen and oxygen atoms in total. The highest BCUT2D eigenvalue weighted by Crippen LogP contribution is 2.24. The number of carbonyl (C=O) groups is 1. The number of urea groups is 1. The Labute approximate surface area is 155 Å². The minimum absolute atomic E-state index is 0.116. The van der Waals surface area contributed by atoms with Crippen LogP contribution in [0.2, 0.25) is 0 Å². The van der Waals surface area contributed by atoms with Crippen molar-refractivity contribution >= 4 is 34.4 Å². The van der Waals surface area contributed by atoms with E-state index in [4.69, 9.17) is 4.74 Å². The number of rotatable bonds is 7. The molecule has 0 bridgehead atoms. The number of para-hydroxylation sites is 2. The van der Waals surface area contributed by atoms with Crippen LogP contribution >= 0.6 is 22.7 Å². The fourth-order valence-corrected chi connectivity index (χ4v) is 3.90. The second-order valence-electron chi connectivity index (χ2n) is 5.46. The number of ether oxygens (including phenoxy) is 1. The zero-order valence-corrected chi connectivity index (χ0v) is 15.6. The van der Waals surface area contributed by atoms with Gasteiger partial charge >= 0.3 is 6.03 Å². The lowest BCUT2D eigenvalue weighted by Gasteiger charge is -2.23. The molecule has 0 fully saturated rings. The van der Waals surface area contributed by atoms with Gasteiger partial charge in [-0.3, -0.25) is 0 Å². The van der Waals surface area contributed by atoms with E-state index in [0.717, 1.165) is 6.42 Å². The Balaban J connectivity index is 1.71. The first kappa shape index (κ1) is 17.5. The van der Waals surface area contributed by atoms with Crippen LogP contribution in [-0.2, 0) is 13.0 Å². The van der Waals surface area contributed by atoms with Crippen molar-refractivity contribution in [1.82, 2.24) is 4.90 Å².